The van der Waals surface area contributed by atoms with Gasteiger partial charge >= 0.3 is 0 Å². The van der Waals surface area contributed by atoms with Crippen molar-refractivity contribution in [1.29, 1.82) is 0 Å². The van der Waals surface area contributed by atoms with Gasteiger partial charge in [0.1, 0.15) is 0 Å². The number of rotatable bonds is 4. The smallest absolute Gasteiger partial charge is 0.239 e. The summed E-state index contributed by atoms with van der Waals surface area (Å²) in [5, 5.41) is 2.84. The maximum absolute atomic E-state index is 11.5. The highest BCUT2D eigenvalue weighted by atomic mass is 16.2. The topological polar surface area (TPSA) is 78.7 Å². The number of hydrogen-bond donors (Lipinski definition) is 2. The van der Waals surface area contributed by atoms with Gasteiger partial charge in [0, 0.05) is 31.9 Å². The van der Waals surface area contributed by atoms with E-state index in [-0.39, 0.29) is 17.7 Å². The minimum absolute atomic E-state index is 0.0186. The van der Waals surface area contributed by atoms with Crippen molar-refractivity contribution >= 4 is 17.5 Å². The third kappa shape index (κ3) is 4.01. The van der Waals surface area contributed by atoms with Crippen LogP contribution in [0.25, 0.3) is 0 Å². The van der Waals surface area contributed by atoms with Gasteiger partial charge in [-0.25, -0.2) is 0 Å². The van der Waals surface area contributed by atoms with Gasteiger partial charge in [-0.3, -0.25) is 14.5 Å². The summed E-state index contributed by atoms with van der Waals surface area (Å²) in [6, 6.07) is 8.36. The van der Waals surface area contributed by atoms with Crippen molar-refractivity contribution in [3.8, 4) is 0 Å². The Morgan fingerprint density at radius 1 is 1.26 bits per heavy atom. The lowest BCUT2D eigenvalue weighted by Gasteiger charge is -2.31. The van der Waals surface area contributed by atoms with E-state index in [9.17, 15) is 9.59 Å². The molecule has 2 fully saturated rings. The number of piperazine rings is 1. The maximum atomic E-state index is 11.5. The lowest BCUT2D eigenvalue weighted by Crippen LogP contribution is -2.47. The van der Waals surface area contributed by atoms with Crippen molar-refractivity contribution < 1.29 is 9.59 Å². The number of anilines is 1. The van der Waals surface area contributed by atoms with Crippen LogP contribution in [-0.2, 0) is 16.1 Å². The molecule has 1 aromatic carbocycles. The Bertz CT molecular complexity index is 572. The molecule has 0 spiro atoms. The zero-order valence-electron chi connectivity index (χ0n) is 13.3. The van der Waals surface area contributed by atoms with Crippen molar-refractivity contribution in [2.45, 2.75) is 19.4 Å². The first-order valence-electron chi connectivity index (χ1n) is 8.24. The second kappa shape index (κ2) is 7.00. The average molecular weight is 316 g/mol. The summed E-state index contributed by atoms with van der Waals surface area (Å²) >= 11 is 0. The van der Waals surface area contributed by atoms with Gasteiger partial charge in [0.05, 0.1) is 12.5 Å². The largest absolute Gasteiger partial charge is 0.369 e. The first kappa shape index (κ1) is 15.8. The van der Waals surface area contributed by atoms with Crippen LogP contribution >= 0.6 is 0 Å². The van der Waals surface area contributed by atoms with E-state index < -0.39 is 0 Å². The number of nitrogens with two attached hydrogens (primary N) is 1. The number of piperidine rings is 1. The van der Waals surface area contributed by atoms with Crippen LogP contribution < -0.4 is 16.0 Å². The molecule has 3 rings (SSSR count). The Hall–Kier alpha value is -2.08. The highest BCUT2D eigenvalue weighted by Crippen LogP contribution is 2.20. The first-order valence-corrected chi connectivity index (χ1v) is 8.24. The maximum Gasteiger partial charge on any atom is 0.239 e. The number of hydrogen-bond acceptors (Lipinski definition) is 4. The molecule has 2 saturated heterocycles. The van der Waals surface area contributed by atoms with Crippen LogP contribution in [0.15, 0.2) is 24.3 Å². The normalized spacial score (nSPS) is 22.7. The van der Waals surface area contributed by atoms with Gasteiger partial charge in [-0.2, -0.15) is 0 Å². The van der Waals surface area contributed by atoms with Gasteiger partial charge in [0.2, 0.25) is 11.8 Å². The number of carbonyl (C=O) groups excluding carboxylic acids is 2. The van der Waals surface area contributed by atoms with Crippen LogP contribution in [0.5, 0.6) is 0 Å². The van der Waals surface area contributed by atoms with Crippen LogP contribution in [0.1, 0.15) is 18.4 Å². The number of amides is 2. The zero-order chi connectivity index (χ0) is 16.2. The van der Waals surface area contributed by atoms with Gasteiger partial charge in [0.25, 0.3) is 0 Å². The Morgan fingerprint density at radius 3 is 2.74 bits per heavy atom. The molecule has 0 aromatic heterocycles. The van der Waals surface area contributed by atoms with E-state index in [1.165, 1.54) is 5.56 Å². The molecule has 2 aliphatic rings. The molecule has 1 aromatic rings. The second-order valence-electron chi connectivity index (χ2n) is 6.41. The molecule has 2 heterocycles. The molecule has 0 saturated carbocycles. The quantitative estimate of drug-likeness (QED) is 0.838. The van der Waals surface area contributed by atoms with Crippen molar-refractivity contribution in [2.24, 2.45) is 11.7 Å². The number of likely N-dealkylation sites (tertiary alicyclic amines) is 1. The minimum Gasteiger partial charge on any atom is -0.369 e. The van der Waals surface area contributed by atoms with Crippen LogP contribution in [0.4, 0.5) is 5.69 Å². The van der Waals surface area contributed by atoms with Crippen LogP contribution in [-0.4, -0.2) is 49.4 Å². The molecule has 0 unspecified atom stereocenters. The summed E-state index contributed by atoms with van der Waals surface area (Å²) in [6.07, 6.45) is 1.93. The predicted octanol–water partition coefficient (Wildman–Crippen LogP) is 0.320. The molecule has 0 bridgehead atoms. The fraction of sp³-hybridized carbons (Fsp3) is 0.529. The van der Waals surface area contributed by atoms with E-state index in [2.05, 4.69) is 39.4 Å². The van der Waals surface area contributed by atoms with Crippen LogP contribution in [0.2, 0.25) is 0 Å². The fourth-order valence-corrected chi connectivity index (χ4v) is 3.36. The van der Waals surface area contributed by atoms with Crippen molar-refractivity contribution in [2.75, 3.05) is 37.6 Å². The SMILES string of the molecule is NC(=O)[C@@H]1CCCN(Cc2ccc(N3CCNC(=O)C3)cc2)C1. The van der Waals surface area contributed by atoms with Gasteiger partial charge < -0.3 is 16.0 Å². The molecule has 23 heavy (non-hydrogen) atoms. The van der Waals surface area contributed by atoms with Crippen molar-refractivity contribution in [1.82, 2.24) is 10.2 Å². The Balaban J connectivity index is 1.59. The number of carbonyl (C=O) groups is 2. The summed E-state index contributed by atoms with van der Waals surface area (Å²) in [4.78, 5) is 27.2. The third-order valence-electron chi connectivity index (χ3n) is 4.65. The van der Waals surface area contributed by atoms with Crippen molar-refractivity contribution in [3.63, 3.8) is 0 Å². The fourth-order valence-electron chi connectivity index (χ4n) is 3.36. The number of primary amides is 1. The van der Waals surface area contributed by atoms with Gasteiger partial charge in [-0.1, -0.05) is 12.1 Å². The predicted molar refractivity (Wildman–Crippen MR) is 88.9 cm³/mol. The molecule has 6 heteroatoms. The van der Waals surface area contributed by atoms with Gasteiger partial charge in [-0.05, 0) is 37.1 Å². The summed E-state index contributed by atoms with van der Waals surface area (Å²) < 4.78 is 0. The molecule has 3 N–H and O–H groups in total. The summed E-state index contributed by atoms with van der Waals surface area (Å²) in [7, 11) is 0. The Labute approximate surface area is 136 Å². The molecule has 1 atom stereocenters. The zero-order valence-corrected chi connectivity index (χ0v) is 13.3. The summed E-state index contributed by atoms with van der Waals surface area (Å²) in [5.41, 5.74) is 7.74. The molecule has 124 valence electrons. The second-order valence-corrected chi connectivity index (χ2v) is 6.41. The molecule has 2 aliphatic heterocycles. The van der Waals surface area contributed by atoms with Gasteiger partial charge in [0.15, 0.2) is 0 Å². The minimum atomic E-state index is -0.187. The first-order chi connectivity index (χ1) is 11.1. The monoisotopic (exact) mass is 316 g/mol. The number of nitrogens with zero attached hydrogens (tertiary/aromatic N) is 2. The van der Waals surface area contributed by atoms with E-state index in [0.29, 0.717) is 13.1 Å². The summed E-state index contributed by atoms with van der Waals surface area (Å²) in [5.74, 6) is -0.130. The third-order valence-corrected chi connectivity index (χ3v) is 4.65. The van der Waals surface area contributed by atoms with Crippen molar-refractivity contribution in [3.05, 3.63) is 29.8 Å². The highest BCUT2D eigenvalue weighted by molar-refractivity contribution is 5.82. The molecule has 0 radical (unpaired) electrons. The van der Waals surface area contributed by atoms with Crippen LogP contribution in [0.3, 0.4) is 0 Å². The number of benzene rings is 1. The average Bonchev–Trinajstić information content (AvgIpc) is 2.56. The molecular weight excluding hydrogens is 292 g/mol. The van der Waals surface area contributed by atoms with E-state index >= 15 is 0 Å². The summed E-state index contributed by atoms with van der Waals surface area (Å²) in [6.45, 7) is 4.57. The standard InChI is InChI=1S/C17H24N4O2/c18-17(23)14-2-1-8-20(11-14)10-13-3-5-15(6-4-13)21-9-7-19-16(22)12-21/h3-6,14H,1-2,7-12H2,(H2,18,23)(H,19,22)/t14-/m1/s1. The number of nitrogens with one attached hydrogen (secondary N) is 1. The van der Waals surface area contributed by atoms with Crippen LogP contribution in [0, 0.1) is 5.92 Å². The molecule has 0 aliphatic carbocycles. The van der Waals surface area contributed by atoms with Gasteiger partial charge in [-0.15, -0.1) is 0 Å². The Morgan fingerprint density at radius 2 is 2.04 bits per heavy atom. The molecule has 6 nitrogen and oxygen atoms in total. The Kier molecular flexibility index (Phi) is 4.81. The van der Waals surface area contributed by atoms with E-state index in [1.54, 1.807) is 0 Å². The lowest BCUT2D eigenvalue weighted by molar-refractivity contribution is -0.123. The molecular formula is C17H24N4O2. The molecule has 2 amide bonds. The van der Waals surface area contributed by atoms with E-state index in [1.807, 2.05) is 0 Å². The van der Waals surface area contributed by atoms with E-state index in [4.69, 9.17) is 5.73 Å². The van der Waals surface area contributed by atoms with E-state index in [0.717, 1.165) is 44.7 Å². The lowest BCUT2D eigenvalue weighted by atomic mass is 9.97. The highest BCUT2D eigenvalue weighted by Gasteiger charge is 2.24.